The number of ether oxygens (including phenoxy) is 1. The molecule has 0 aliphatic rings. The van der Waals surface area contributed by atoms with Gasteiger partial charge in [-0.05, 0) is 38.5 Å². The van der Waals surface area contributed by atoms with Gasteiger partial charge in [0.05, 0.1) is 17.8 Å². The third-order valence-corrected chi connectivity index (χ3v) is 5.42. The zero-order valence-corrected chi connectivity index (χ0v) is 18.0. The molecule has 0 saturated heterocycles. The van der Waals surface area contributed by atoms with Crippen molar-refractivity contribution in [1.82, 2.24) is 14.8 Å². The molecule has 0 aliphatic carbocycles. The van der Waals surface area contributed by atoms with E-state index in [1.807, 2.05) is 31.2 Å². The molecule has 2 heterocycles. The van der Waals surface area contributed by atoms with Gasteiger partial charge in [0.15, 0.2) is 0 Å². The van der Waals surface area contributed by atoms with Crippen molar-refractivity contribution in [3.8, 4) is 0 Å². The number of amides is 1. The highest BCUT2D eigenvalue weighted by atomic mass is 32.1. The summed E-state index contributed by atoms with van der Waals surface area (Å²) in [6.07, 6.45) is 0.121. The summed E-state index contributed by atoms with van der Waals surface area (Å²) in [5.74, 6) is -0.895. The van der Waals surface area contributed by atoms with E-state index in [2.05, 4.69) is 15.4 Å². The number of carbonyl (C=O) groups is 2. The molecule has 1 N–H and O–H groups in total. The van der Waals surface area contributed by atoms with E-state index < -0.39 is 11.5 Å². The summed E-state index contributed by atoms with van der Waals surface area (Å²) in [7, 11) is 1.49. The Hall–Kier alpha value is -3.33. The summed E-state index contributed by atoms with van der Waals surface area (Å²) in [6.45, 7) is 5.28. The lowest BCUT2D eigenvalue weighted by Gasteiger charge is -2.09. The fraction of sp³-hybridized carbons (Fsp3) is 0.286. The zero-order chi connectivity index (χ0) is 21.8. The Labute approximate surface area is 177 Å². The number of nitrogens with one attached hydrogen (secondary N) is 1. The number of hydrogen-bond acceptors (Lipinski definition) is 7. The number of esters is 1. The molecular weight excluding hydrogens is 404 g/mol. The van der Waals surface area contributed by atoms with Crippen LogP contribution in [0.25, 0.3) is 0 Å². The zero-order valence-electron chi connectivity index (χ0n) is 17.2. The van der Waals surface area contributed by atoms with Crippen LogP contribution in [0.2, 0.25) is 0 Å². The Morgan fingerprint density at radius 1 is 1.17 bits per heavy atom. The average molecular weight is 426 g/mol. The van der Waals surface area contributed by atoms with Crippen LogP contribution in [-0.2, 0) is 29.6 Å². The maximum Gasteiger partial charge on any atom is 0.344 e. The van der Waals surface area contributed by atoms with E-state index >= 15 is 0 Å². The summed E-state index contributed by atoms with van der Waals surface area (Å²) in [6, 6.07) is 7.52. The molecule has 30 heavy (non-hydrogen) atoms. The third kappa shape index (κ3) is 4.98. The predicted molar refractivity (Wildman–Crippen MR) is 114 cm³/mol. The molecular formula is C21H22N4O4S. The molecule has 156 valence electrons. The number of rotatable bonds is 6. The fourth-order valence-corrected chi connectivity index (χ4v) is 3.55. The van der Waals surface area contributed by atoms with Crippen LogP contribution in [0.1, 0.15) is 37.9 Å². The van der Waals surface area contributed by atoms with Gasteiger partial charge >= 0.3 is 5.97 Å². The first-order chi connectivity index (χ1) is 14.2. The smallest absolute Gasteiger partial charge is 0.344 e. The molecule has 0 unspecified atom stereocenters. The van der Waals surface area contributed by atoms with Crippen molar-refractivity contribution in [2.75, 3.05) is 5.32 Å². The van der Waals surface area contributed by atoms with Gasteiger partial charge in [0.1, 0.15) is 17.2 Å². The van der Waals surface area contributed by atoms with Crippen LogP contribution in [-0.4, -0.2) is 26.6 Å². The standard InChI is InChI=1S/C21H22N4O4S/c1-12-5-7-15(8-6-12)22-17(26)9-18-23-16(11-30-18)10-29-21(28)19-13(2)14(3)24-25(4)20(19)27/h5-8,11H,9-10H2,1-4H3,(H,22,26). The number of anilines is 1. The van der Waals surface area contributed by atoms with Crippen molar-refractivity contribution in [3.63, 3.8) is 0 Å². The van der Waals surface area contributed by atoms with Gasteiger partial charge in [0, 0.05) is 18.1 Å². The molecule has 0 spiro atoms. The van der Waals surface area contributed by atoms with Gasteiger partial charge in [-0.1, -0.05) is 17.7 Å². The highest BCUT2D eigenvalue weighted by Gasteiger charge is 2.20. The number of benzene rings is 1. The van der Waals surface area contributed by atoms with Crippen molar-refractivity contribution >= 4 is 28.9 Å². The molecule has 3 aromatic rings. The number of carbonyl (C=O) groups excluding carboxylic acids is 2. The van der Waals surface area contributed by atoms with Gasteiger partial charge in [-0.25, -0.2) is 14.5 Å². The highest BCUT2D eigenvalue weighted by Crippen LogP contribution is 2.15. The minimum Gasteiger partial charge on any atom is -0.455 e. The predicted octanol–water partition coefficient (Wildman–Crippen LogP) is 2.70. The van der Waals surface area contributed by atoms with Crippen LogP contribution in [0.3, 0.4) is 0 Å². The normalized spacial score (nSPS) is 10.7. The van der Waals surface area contributed by atoms with E-state index in [1.165, 1.54) is 18.4 Å². The van der Waals surface area contributed by atoms with E-state index in [0.717, 1.165) is 15.9 Å². The lowest BCUT2D eigenvalue weighted by molar-refractivity contribution is -0.115. The van der Waals surface area contributed by atoms with Crippen LogP contribution in [0, 0.1) is 20.8 Å². The largest absolute Gasteiger partial charge is 0.455 e. The van der Waals surface area contributed by atoms with Crippen molar-refractivity contribution in [2.45, 2.75) is 33.8 Å². The Bertz CT molecular complexity index is 1150. The number of aromatic nitrogens is 3. The van der Waals surface area contributed by atoms with Gasteiger partial charge in [-0.15, -0.1) is 11.3 Å². The monoisotopic (exact) mass is 426 g/mol. The minimum absolute atomic E-state index is 0.0297. The summed E-state index contributed by atoms with van der Waals surface area (Å²) >= 11 is 1.31. The number of aryl methyl sites for hydroxylation is 3. The second-order valence-electron chi connectivity index (χ2n) is 6.91. The number of hydrogen-bond donors (Lipinski definition) is 1. The van der Waals surface area contributed by atoms with E-state index in [1.54, 1.807) is 19.2 Å². The van der Waals surface area contributed by atoms with E-state index in [-0.39, 0.29) is 24.5 Å². The van der Waals surface area contributed by atoms with Crippen molar-refractivity contribution in [1.29, 1.82) is 0 Å². The van der Waals surface area contributed by atoms with Gasteiger partial charge in [0.25, 0.3) is 5.56 Å². The van der Waals surface area contributed by atoms with E-state index in [4.69, 9.17) is 4.74 Å². The van der Waals surface area contributed by atoms with Crippen molar-refractivity contribution < 1.29 is 14.3 Å². The SMILES string of the molecule is Cc1ccc(NC(=O)Cc2nc(COC(=O)c3c(C)c(C)nn(C)c3=O)cs2)cc1. The Balaban J connectivity index is 1.59. The van der Waals surface area contributed by atoms with Crippen LogP contribution in [0.5, 0.6) is 0 Å². The second kappa shape index (κ2) is 9.00. The van der Waals surface area contributed by atoms with Crippen LogP contribution in [0.15, 0.2) is 34.4 Å². The summed E-state index contributed by atoms with van der Waals surface area (Å²) in [5, 5.41) is 9.20. The maximum absolute atomic E-state index is 12.4. The fourth-order valence-electron chi connectivity index (χ4n) is 2.78. The van der Waals surface area contributed by atoms with Crippen LogP contribution < -0.4 is 10.9 Å². The first-order valence-electron chi connectivity index (χ1n) is 9.26. The molecule has 0 radical (unpaired) electrons. The Morgan fingerprint density at radius 2 is 1.87 bits per heavy atom. The molecule has 8 nitrogen and oxygen atoms in total. The van der Waals surface area contributed by atoms with Crippen molar-refractivity contribution in [2.24, 2.45) is 7.05 Å². The summed E-state index contributed by atoms with van der Waals surface area (Å²) in [5.41, 5.74) is 2.90. The quantitative estimate of drug-likeness (QED) is 0.608. The molecule has 0 bridgehead atoms. The average Bonchev–Trinajstić information content (AvgIpc) is 3.14. The van der Waals surface area contributed by atoms with Crippen molar-refractivity contribution in [3.05, 3.63) is 73.1 Å². The minimum atomic E-state index is -0.717. The maximum atomic E-state index is 12.4. The third-order valence-electron chi connectivity index (χ3n) is 4.53. The lowest BCUT2D eigenvalue weighted by Crippen LogP contribution is -2.29. The topological polar surface area (TPSA) is 103 Å². The lowest BCUT2D eigenvalue weighted by atomic mass is 10.1. The molecule has 3 rings (SSSR count). The van der Waals surface area contributed by atoms with Gasteiger partial charge < -0.3 is 10.1 Å². The van der Waals surface area contributed by atoms with Gasteiger partial charge in [-0.3, -0.25) is 9.59 Å². The molecule has 0 atom stereocenters. The Kier molecular flexibility index (Phi) is 6.41. The van der Waals surface area contributed by atoms with Gasteiger partial charge in [-0.2, -0.15) is 5.10 Å². The highest BCUT2D eigenvalue weighted by molar-refractivity contribution is 7.09. The number of thiazole rings is 1. The molecule has 0 saturated carbocycles. The molecule has 9 heteroatoms. The first-order valence-corrected chi connectivity index (χ1v) is 10.1. The molecule has 2 aromatic heterocycles. The van der Waals surface area contributed by atoms with Gasteiger partial charge in [0.2, 0.25) is 5.91 Å². The number of nitrogens with zero attached hydrogens (tertiary/aromatic N) is 3. The molecule has 0 aliphatic heterocycles. The molecule has 1 amide bonds. The van der Waals surface area contributed by atoms with E-state index in [9.17, 15) is 14.4 Å². The summed E-state index contributed by atoms with van der Waals surface area (Å²) in [4.78, 5) is 41.2. The van der Waals surface area contributed by atoms with Crippen LogP contribution >= 0.6 is 11.3 Å². The second-order valence-corrected chi connectivity index (χ2v) is 7.86. The first kappa shape index (κ1) is 21.4. The Morgan fingerprint density at radius 3 is 2.57 bits per heavy atom. The molecule has 0 fully saturated rings. The molecule has 1 aromatic carbocycles. The van der Waals surface area contributed by atoms with E-state index in [0.29, 0.717) is 22.0 Å². The van der Waals surface area contributed by atoms with Crippen LogP contribution in [0.4, 0.5) is 5.69 Å². The summed E-state index contributed by atoms with van der Waals surface area (Å²) < 4.78 is 6.39.